The van der Waals surface area contributed by atoms with Crippen molar-refractivity contribution in [2.45, 2.75) is 13.8 Å². The number of rotatable bonds is 8. The Labute approximate surface area is 117 Å². The van der Waals surface area contributed by atoms with Crippen molar-refractivity contribution >= 4 is 18.0 Å². The van der Waals surface area contributed by atoms with Gasteiger partial charge < -0.3 is 18.9 Å². The van der Waals surface area contributed by atoms with Crippen LogP contribution in [0.2, 0.25) is 0 Å². The number of carbonyl (C=O) groups excluding carboxylic acids is 2. The maximum atomic E-state index is 11.0. The molecule has 112 valence electrons. The second kappa shape index (κ2) is 9.60. The second-order valence-corrected chi connectivity index (χ2v) is 3.82. The number of nitrogens with one attached hydrogen (secondary N) is 1. The van der Waals surface area contributed by atoms with Gasteiger partial charge in [-0.3, -0.25) is 0 Å². The van der Waals surface area contributed by atoms with Gasteiger partial charge in [-0.2, -0.15) is 0 Å². The molecule has 0 atom stereocenters. The molecule has 0 aliphatic heterocycles. The lowest BCUT2D eigenvalue weighted by atomic mass is 10.4. The zero-order chi connectivity index (χ0) is 15.5. The maximum absolute atomic E-state index is 11.0. The van der Waals surface area contributed by atoms with E-state index in [0.29, 0.717) is 0 Å². The Kier molecular flexibility index (Phi) is 8.49. The number of esters is 2. The molecule has 0 unspecified atom stereocenters. The number of hydrogen-bond donors (Lipinski definition) is 1. The quantitative estimate of drug-likeness (QED) is 0.237. The van der Waals surface area contributed by atoms with Crippen LogP contribution in [0, 0.1) is 5.41 Å². The first-order valence-corrected chi connectivity index (χ1v) is 5.84. The second-order valence-electron chi connectivity index (χ2n) is 3.82. The fourth-order valence-electron chi connectivity index (χ4n) is 0.826. The summed E-state index contributed by atoms with van der Waals surface area (Å²) in [5.41, 5.74) is 0.575. The molecule has 0 amide bonds. The summed E-state index contributed by atoms with van der Waals surface area (Å²) < 4.78 is 19.1. The minimum absolute atomic E-state index is 0.0105. The van der Waals surface area contributed by atoms with Crippen LogP contribution >= 0.6 is 0 Å². The summed E-state index contributed by atoms with van der Waals surface area (Å²) in [4.78, 5) is 22.0. The summed E-state index contributed by atoms with van der Waals surface area (Å²) in [6.45, 7) is 9.84. The van der Waals surface area contributed by atoms with Crippen molar-refractivity contribution in [3.05, 3.63) is 24.3 Å². The van der Waals surface area contributed by atoms with Crippen LogP contribution in [0.3, 0.4) is 0 Å². The van der Waals surface area contributed by atoms with Crippen molar-refractivity contribution in [2.75, 3.05) is 26.4 Å². The Balaban J connectivity index is 3.55. The van der Waals surface area contributed by atoms with Crippen LogP contribution in [0.15, 0.2) is 24.3 Å². The van der Waals surface area contributed by atoms with E-state index in [1.807, 2.05) is 0 Å². The fourth-order valence-corrected chi connectivity index (χ4v) is 0.826. The number of carbonyl (C=O) groups is 2. The predicted molar refractivity (Wildman–Crippen MR) is 71.2 cm³/mol. The van der Waals surface area contributed by atoms with Gasteiger partial charge in [0.25, 0.3) is 0 Å². The third kappa shape index (κ3) is 8.73. The smallest absolute Gasteiger partial charge is 0.380 e. The predicted octanol–water partition coefficient (Wildman–Crippen LogP) is 1.19. The van der Waals surface area contributed by atoms with Gasteiger partial charge in [0.15, 0.2) is 0 Å². The first-order valence-electron chi connectivity index (χ1n) is 5.84. The lowest BCUT2D eigenvalue weighted by Gasteiger charge is -2.09. The molecule has 0 aromatic heterocycles. The van der Waals surface area contributed by atoms with Crippen molar-refractivity contribution in [3.63, 3.8) is 0 Å². The highest BCUT2D eigenvalue weighted by Gasteiger charge is 2.05. The SMILES string of the molecule is C=C(C)C(=O)OCCOC(=N)OCCOC(=O)C(=C)C. The molecule has 0 aliphatic rings. The molecule has 20 heavy (non-hydrogen) atoms. The van der Waals surface area contributed by atoms with E-state index in [4.69, 9.17) is 24.4 Å². The highest BCUT2D eigenvalue weighted by atomic mass is 16.7. The lowest BCUT2D eigenvalue weighted by Crippen LogP contribution is -2.18. The Morgan fingerprint density at radius 1 is 0.800 bits per heavy atom. The van der Waals surface area contributed by atoms with Gasteiger partial charge in [-0.25, -0.2) is 15.0 Å². The molecule has 0 bridgehead atoms. The minimum Gasteiger partial charge on any atom is -0.459 e. The van der Waals surface area contributed by atoms with E-state index in [9.17, 15) is 9.59 Å². The lowest BCUT2D eigenvalue weighted by molar-refractivity contribution is -0.140. The van der Waals surface area contributed by atoms with Crippen LogP contribution in [0.1, 0.15) is 13.8 Å². The third-order valence-corrected chi connectivity index (χ3v) is 1.80. The molecule has 7 nitrogen and oxygen atoms in total. The van der Waals surface area contributed by atoms with Crippen LogP contribution in [-0.2, 0) is 28.5 Å². The van der Waals surface area contributed by atoms with Gasteiger partial charge in [-0.05, 0) is 13.8 Å². The normalized spacial score (nSPS) is 9.30. The molecule has 1 N–H and O–H groups in total. The highest BCUT2D eigenvalue weighted by molar-refractivity contribution is 5.87. The number of hydrogen-bond acceptors (Lipinski definition) is 7. The molecule has 0 aromatic carbocycles. The first-order chi connectivity index (χ1) is 9.34. The van der Waals surface area contributed by atoms with Gasteiger partial charge in [0.05, 0.1) is 0 Å². The zero-order valence-corrected chi connectivity index (χ0v) is 11.7. The largest absolute Gasteiger partial charge is 0.459 e. The van der Waals surface area contributed by atoms with Gasteiger partial charge in [-0.15, -0.1) is 0 Å². The van der Waals surface area contributed by atoms with E-state index in [1.54, 1.807) is 0 Å². The Hall–Kier alpha value is -2.31. The molecule has 0 heterocycles. The van der Waals surface area contributed by atoms with Gasteiger partial charge in [0, 0.05) is 11.1 Å². The standard InChI is InChI=1S/C13H19NO6/c1-9(2)11(15)17-5-7-19-13(14)20-8-6-18-12(16)10(3)4/h14H,1,3,5-8H2,2,4H3. The molecule has 0 saturated heterocycles. The van der Waals surface area contributed by atoms with Gasteiger partial charge in [0.2, 0.25) is 0 Å². The zero-order valence-electron chi connectivity index (χ0n) is 11.7. The molecular formula is C13H19NO6. The Bertz CT molecular complexity index is 366. The maximum Gasteiger partial charge on any atom is 0.380 e. The van der Waals surface area contributed by atoms with Crippen LogP contribution in [0.25, 0.3) is 0 Å². The molecule has 7 heteroatoms. The molecule has 0 aliphatic carbocycles. The first kappa shape index (κ1) is 17.7. The summed E-state index contributed by atoms with van der Waals surface area (Å²) in [7, 11) is 0. The van der Waals surface area contributed by atoms with E-state index >= 15 is 0 Å². The summed E-state index contributed by atoms with van der Waals surface area (Å²) in [5, 5.41) is 7.27. The van der Waals surface area contributed by atoms with Gasteiger partial charge in [0.1, 0.15) is 26.4 Å². The molecular weight excluding hydrogens is 266 g/mol. The van der Waals surface area contributed by atoms with Gasteiger partial charge >= 0.3 is 18.0 Å². The van der Waals surface area contributed by atoms with E-state index < -0.39 is 18.0 Å². The summed E-state index contributed by atoms with van der Waals surface area (Å²) >= 11 is 0. The topological polar surface area (TPSA) is 94.9 Å². The van der Waals surface area contributed by atoms with E-state index in [1.165, 1.54) is 13.8 Å². The fraction of sp³-hybridized carbons (Fsp3) is 0.462. The Morgan fingerprint density at radius 3 is 1.40 bits per heavy atom. The monoisotopic (exact) mass is 285 g/mol. The Morgan fingerprint density at radius 2 is 1.10 bits per heavy atom. The third-order valence-electron chi connectivity index (χ3n) is 1.80. The summed E-state index contributed by atoms with van der Waals surface area (Å²) in [6, 6.07) is 0. The van der Waals surface area contributed by atoms with E-state index in [-0.39, 0.29) is 37.6 Å². The molecule has 0 rings (SSSR count). The number of ether oxygens (including phenoxy) is 4. The molecule has 0 aromatic rings. The van der Waals surface area contributed by atoms with Crippen molar-refractivity contribution in [2.24, 2.45) is 0 Å². The van der Waals surface area contributed by atoms with E-state index in [0.717, 1.165) is 0 Å². The van der Waals surface area contributed by atoms with Crippen molar-refractivity contribution in [1.82, 2.24) is 0 Å². The molecule has 0 radical (unpaired) electrons. The highest BCUT2D eigenvalue weighted by Crippen LogP contribution is 1.94. The molecule has 0 spiro atoms. The molecule has 0 fully saturated rings. The summed E-state index contributed by atoms with van der Waals surface area (Å²) in [6.07, 6.45) is -0.442. The van der Waals surface area contributed by atoms with Crippen LogP contribution < -0.4 is 0 Å². The van der Waals surface area contributed by atoms with Crippen molar-refractivity contribution < 1.29 is 28.5 Å². The van der Waals surface area contributed by atoms with Crippen LogP contribution in [-0.4, -0.2) is 44.4 Å². The van der Waals surface area contributed by atoms with Crippen LogP contribution in [0.4, 0.5) is 0 Å². The van der Waals surface area contributed by atoms with Crippen molar-refractivity contribution in [1.29, 1.82) is 5.41 Å². The average molecular weight is 285 g/mol. The van der Waals surface area contributed by atoms with E-state index in [2.05, 4.69) is 13.2 Å². The van der Waals surface area contributed by atoms with Crippen molar-refractivity contribution in [3.8, 4) is 0 Å². The van der Waals surface area contributed by atoms with Gasteiger partial charge in [-0.1, -0.05) is 13.2 Å². The minimum atomic E-state index is -0.521. The summed E-state index contributed by atoms with van der Waals surface area (Å²) in [5.74, 6) is -1.04. The average Bonchev–Trinajstić information content (AvgIpc) is 2.38. The van der Waals surface area contributed by atoms with Crippen LogP contribution in [0.5, 0.6) is 0 Å². The molecule has 0 saturated carbocycles.